The summed E-state index contributed by atoms with van der Waals surface area (Å²) < 4.78 is 0. The predicted molar refractivity (Wildman–Crippen MR) is 63.8 cm³/mol. The molecular weight excluding hydrogens is 224 g/mol. The van der Waals surface area contributed by atoms with E-state index in [1.807, 2.05) is 6.92 Å². The largest absolute Gasteiger partial charge is 0.342 e. The van der Waals surface area contributed by atoms with Gasteiger partial charge in [0.05, 0.1) is 16.7 Å². The topological polar surface area (TPSA) is 59.1 Å². The summed E-state index contributed by atoms with van der Waals surface area (Å²) in [5, 5.41) is 3.54. The molecule has 0 fully saturated rings. The van der Waals surface area contributed by atoms with Crippen molar-refractivity contribution in [2.45, 2.75) is 40.2 Å². The van der Waals surface area contributed by atoms with Crippen molar-refractivity contribution in [2.75, 3.05) is 0 Å². The zero-order chi connectivity index (χ0) is 12.3. The van der Waals surface area contributed by atoms with Crippen molar-refractivity contribution in [3.63, 3.8) is 0 Å². The van der Waals surface area contributed by atoms with E-state index >= 15 is 0 Å². The number of aryl methyl sites for hydroxylation is 2. The fourth-order valence-electron chi connectivity index (χ4n) is 1.39. The van der Waals surface area contributed by atoms with Crippen molar-refractivity contribution < 1.29 is 9.59 Å². The number of carbonyl (C=O) groups is 2. The molecule has 88 valence electrons. The van der Waals surface area contributed by atoms with E-state index in [1.54, 1.807) is 20.8 Å². The van der Waals surface area contributed by atoms with Crippen LogP contribution in [0.15, 0.2) is 0 Å². The van der Waals surface area contributed by atoms with Crippen molar-refractivity contribution in [1.82, 2.24) is 10.3 Å². The molecule has 0 saturated carbocycles. The first-order valence-corrected chi connectivity index (χ1v) is 6.05. The lowest BCUT2D eigenvalue weighted by molar-refractivity contribution is -0.120. The van der Waals surface area contributed by atoms with Crippen LogP contribution in [0.5, 0.6) is 0 Å². The van der Waals surface area contributed by atoms with Crippen molar-refractivity contribution >= 4 is 23.0 Å². The minimum Gasteiger partial charge on any atom is -0.342 e. The number of hydrogen-bond donors (Lipinski definition) is 1. The van der Waals surface area contributed by atoms with E-state index in [2.05, 4.69) is 10.3 Å². The number of nitrogens with one attached hydrogen (secondary N) is 1. The summed E-state index contributed by atoms with van der Waals surface area (Å²) in [6.45, 7) is 7.14. The summed E-state index contributed by atoms with van der Waals surface area (Å²) in [5.41, 5.74) is 0.719. The fourth-order valence-corrected chi connectivity index (χ4v) is 2.21. The van der Waals surface area contributed by atoms with Gasteiger partial charge in [0.15, 0.2) is 5.78 Å². The van der Waals surface area contributed by atoms with Crippen LogP contribution in [0.4, 0.5) is 0 Å². The number of Topliss-reactive ketones (excluding diaryl/α,β-unsaturated/α-hetero) is 1. The van der Waals surface area contributed by atoms with Gasteiger partial charge in [-0.25, -0.2) is 4.98 Å². The van der Waals surface area contributed by atoms with Crippen LogP contribution in [0.1, 0.15) is 40.6 Å². The third-order valence-corrected chi connectivity index (χ3v) is 3.36. The number of aromatic nitrogens is 1. The first-order chi connectivity index (χ1) is 7.45. The van der Waals surface area contributed by atoms with Crippen LogP contribution in [0, 0.1) is 13.8 Å². The molecule has 0 aliphatic rings. The highest BCUT2D eigenvalue weighted by Gasteiger charge is 2.18. The monoisotopic (exact) mass is 240 g/mol. The minimum absolute atomic E-state index is 0.0345. The normalized spacial score (nSPS) is 12.2. The molecule has 1 aromatic heterocycles. The molecule has 0 aliphatic heterocycles. The first-order valence-electron chi connectivity index (χ1n) is 5.23. The lowest BCUT2D eigenvalue weighted by Gasteiger charge is -2.10. The van der Waals surface area contributed by atoms with E-state index in [0.29, 0.717) is 11.3 Å². The van der Waals surface area contributed by atoms with Gasteiger partial charge in [0, 0.05) is 6.42 Å². The number of rotatable bonds is 4. The molecule has 1 heterocycles. The molecule has 0 saturated heterocycles. The highest BCUT2D eigenvalue weighted by atomic mass is 32.1. The molecule has 0 spiro atoms. The second-order valence-electron chi connectivity index (χ2n) is 3.66. The standard InChI is InChI=1S/C11H16N2O2S/c1-5-9(14)6(2)13-11(15)10-7(3)12-8(4)16-10/h6H,5H2,1-4H3,(H,13,15). The molecule has 1 amide bonds. The van der Waals surface area contributed by atoms with Crippen LogP contribution in [0.3, 0.4) is 0 Å². The van der Waals surface area contributed by atoms with Crippen LogP contribution in [-0.2, 0) is 4.79 Å². The zero-order valence-corrected chi connectivity index (χ0v) is 10.8. The van der Waals surface area contributed by atoms with Crippen LogP contribution in [-0.4, -0.2) is 22.7 Å². The molecule has 1 aromatic rings. The Balaban J connectivity index is 2.73. The van der Waals surface area contributed by atoms with Crippen LogP contribution in [0.25, 0.3) is 0 Å². The van der Waals surface area contributed by atoms with Gasteiger partial charge < -0.3 is 5.32 Å². The van der Waals surface area contributed by atoms with Gasteiger partial charge in [0.2, 0.25) is 0 Å². The van der Waals surface area contributed by atoms with Crippen LogP contribution < -0.4 is 5.32 Å². The molecule has 1 rings (SSSR count). The first kappa shape index (κ1) is 12.8. The molecule has 5 heteroatoms. The minimum atomic E-state index is -0.431. The molecule has 0 bridgehead atoms. The van der Waals surface area contributed by atoms with Gasteiger partial charge in [0.1, 0.15) is 4.88 Å². The molecule has 0 radical (unpaired) electrons. The number of hydrogen-bond acceptors (Lipinski definition) is 4. The maximum Gasteiger partial charge on any atom is 0.263 e. The maximum atomic E-state index is 11.8. The second-order valence-corrected chi connectivity index (χ2v) is 4.87. The van der Waals surface area contributed by atoms with E-state index in [9.17, 15) is 9.59 Å². The third-order valence-electron chi connectivity index (χ3n) is 2.29. The molecule has 1 N–H and O–H groups in total. The highest BCUT2D eigenvalue weighted by Crippen LogP contribution is 2.16. The van der Waals surface area contributed by atoms with Gasteiger partial charge in [0.25, 0.3) is 5.91 Å². The molecule has 0 aromatic carbocycles. The van der Waals surface area contributed by atoms with E-state index in [1.165, 1.54) is 11.3 Å². The Morgan fingerprint density at radius 2 is 2.06 bits per heavy atom. The van der Waals surface area contributed by atoms with E-state index in [0.717, 1.165) is 10.7 Å². The van der Waals surface area contributed by atoms with Gasteiger partial charge in [-0.05, 0) is 20.8 Å². The number of carbonyl (C=O) groups excluding carboxylic acids is 2. The summed E-state index contributed by atoms with van der Waals surface area (Å²) in [5.74, 6) is -0.176. The lowest BCUT2D eigenvalue weighted by Crippen LogP contribution is -2.38. The fraction of sp³-hybridized carbons (Fsp3) is 0.545. The number of ketones is 1. The Hall–Kier alpha value is -1.23. The highest BCUT2D eigenvalue weighted by molar-refractivity contribution is 7.13. The molecule has 16 heavy (non-hydrogen) atoms. The van der Waals surface area contributed by atoms with Gasteiger partial charge >= 0.3 is 0 Å². The molecule has 4 nitrogen and oxygen atoms in total. The van der Waals surface area contributed by atoms with Crippen molar-refractivity contribution in [3.05, 3.63) is 15.6 Å². The number of thiazole rings is 1. The quantitative estimate of drug-likeness (QED) is 0.873. The predicted octanol–water partition coefficient (Wildman–Crippen LogP) is 1.86. The summed E-state index contributed by atoms with van der Waals surface area (Å²) >= 11 is 1.35. The van der Waals surface area contributed by atoms with Crippen molar-refractivity contribution in [2.24, 2.45) is 0 Å². The van der Waals surface area contributed by atoms with E-state index < -0.39 is 6.04 Å². The van der Waals surface area contributed by atoms with Gasteiger partial charge in [-0.3, -0.25) is 9.59 Å². The van der Waals surface area contributed by atoms with Gasteiger partial charge in [-0.2, -0.15) is 0 Å². The summed E-state index contributed by atoms with van der Waals surface area (Å²) in [4.78, 5) is 27.9. The Morgan fingerprint density at radius 1 is 1.44 bits per heavy atom. The van der Waals surface area contributed by atoms with E-state index in [4.69, 9.17) is 0 Å². The number of nitrogens with zero attached hydrogens (tertiary/aromatic N) is 1. The number of amides is 1. The maximum absolute atomic E-state index is 11.8. The third kappa shape index (κ3) is 2.88. The Kier molecular flexibility index (Phi) is 4.18. The molecule has 1 atom stereocenters. The van der Waals surface area contributed by atoms with Crippen LogP contribution in [0.2, 0.25) is 0 Å². The smallest absolute Gasteiger partial charge is 0.263 e. The lowest BCUT2D eigenvalue weighted by atomic mass is 10.1. The van der Waals surface area contributed by atoms with Crippen molar-refractivity contribution in [1.29, 1.82) is 0 Å². The Bertz CT molecular complexity index is 412. The summed E-state index contributed by atoms with van der Waals surface area (Å²) in [7, 11) is 0. The summed E-state index contributed by atoms with van der Waals surface area (Å²) in [6, 6.07) is -0.431. The van der Waals surface area contributed by atoms with Gasteiger partial charge in [-0.15, -0.1) is 11.3 Å². The van der Waals surface area contributed by atoms with Crippen molar-refractivity contribution in [3.8, 4) is 0 Å². The average Bonchev–Trinajstić information content (AvgIpc) is 2.56. The molecular formula is C11H16N2O2S. The average molecular weight is 240 g/mol. The molecule has 0 aliphatic carbocycles. The Labute approximate surface area is 99.1 Å². The van der Waals surface area contributed by atoms with Gasteiger partial charge in [-0.1, -0.05) is 6.92 Å². The Morgan fingerprint density at radius 3 is 2.50 bits per heavy atom. The van der Waals surface area contributed by atoms with Crippen LogP contribution >= 0.6 is 11.3 Å². The SMILES string of the molecule is CCC(=O)C(C)NC(=O)c1sc(C)nc1C. The zero-order valence-electron chi connectivity index (χ0n) is 9.96. The van der Waals surface area contributed by atoms with E-state index in [-0.39, 0.29) is 11.7 Å². The summed E-state index contributed by atoms with van der Waals surface area (Å²) in [6.07, 6.45) is 0.433. The second kappa shape index (κ2) is 5.21. The molecule has 1 unspecified atom stereocenters.